The number of aromatic nitrogens is 2. The van der Waals surface area contributed by atoms with Crippen LogP contribution in [0, 0.1) is 5.82 Å². The maximum Gasteiger partial charge on any atom is 0.250 e. The molecule has 0 unspecified atom stereocenters. The van der Waals surface area contributed by atoms with Gasteiger partial charge in [-0.25, -0.2) is 4.39 Å². The first-order chi connectivity index (χ1) is 13.2. The fraction of sp³-hybridized carbons (Fsp3) is 0.250. The summed E-state index contributed by atoms with van der Waals surface area (Å²) in [4.78, 5) is 11.8. The number of amides is 1. The summed E-state index contributed by atoms with van der Waals surface area (Å²) in [7, 11) is 0. The molecule has 140 valence electrons. The van der Waals surface area contributed by atoms with Gasteiger partial charge in [0.05, 0.1) is 12.2 Å². The van der Waals surface area contributed by atoms with Gasteiger partial charge in [0.15, 0.2) is 0 Å². The Balaban J connectivity index is 1.35. The molecule has 0 radical (unpaired) electrons. The van der Waals surface area contributed by atoms with Crippen LogP contribution >= 0.6 is 0 Å². The summed E-state index contributed by atoms with van der Waals surface area (Å²) in [5, 5.41) is 10.5. The average Bonchev–Trinajstić information content (AvgIpc) is 3.15. The van der Waals surface area contributed by atoms with Gasteiger partial charge >= 0.3 is 0 Å². The number of hydrogen-bond acceptors (Lipinski definition) is 5. The number of nitrogens with one attached hydrogen (secondary N) is 1. The number of halogens is 1. The summed E-state index contributed by atoms with van der Waals surface area (Å²) < 4.78 is 24.7. The van der Waals surface area contributed by atoms with Gasteiger partial charge < -0.3 is 14.5 Å². The van der Waals surface area contributed by atoms with Crippen LogP contribution < -0.4 is 10.1 Å². The molecule has 0 atom stereocenters. The Hall–Kier alpha value is -3.22. The third-order valence-corrected chi connectivity index (χ3v) is 3.79. The van der Waals surface area contributed by atoms with Crippen molar-refractivity contribution in [1.82, 2.24) is 15.5 Å². The first kappa shape index (κ1) is 18.6. The zero-order chi connectivity index (χ0) is 18.9. The third kappa shape index (κ3) is 5.64. The number of rotatable bonds is 9. The number of para-hydroxylation sites is 1. The largest absolute Gasteiger partial charge is 0.494 e. The zero-order valence-electron chi connectivity index (χ0n) is 14.7. The summed E-state index contributed by atoms with van der Waals surface area (Å²) >= 11 is 0. The van der Waals surface area contributed by atoms with Crippen molar-refractivity contribution in [3.05, 3.63) is 66.3 Å². The van der Waals surface area contributed by atoms with Gasteiger partial charge in [0, 0.05) is 19.4 Å². The number of benzene rings is 2. The van der Waals surface area contributed by atoms with E-state index in [0.29, 0.717) is 38.3 Å². The summed E-state index contributed by atoms with van der Waals surface area (Å²) in [5.74, 6) is 0.785. The minimum atomic E-state index is -0.418. The van der Waals surface area contributed by atoms with Gasteiger partial charge in [-0.15, -0.1) is 10.2 Å². The van der Waals surface area contributed by atoms with Crippen molar-refractivity contribution < 1.29 is 18.3 Å². The van der Waals surface area contributed by atoms with Crippen LogP contribution in [0.5, 0.6) is 5.75 Å². The fourth-order valence-corrected chi connectivity index (χ4v) is 2.43. The molecule has 1 aromatic heterocycles. The Morgan fingerprint density at radius 2 is 1.85 bits per heavy atom. The van der Waals surface area contributed by atoms with Crippen molar-refractivity contribution in [2.24, 2.45) is 0 Å². The van der Waals surface area contributed by atoms with Crippen molar-refractivity contribution >= 4 is 5.91 Å². The van der Waals surface area contributed by atoms with E-state index in [9.17, 15) is 9.18 Å². The van der Waals surface area contributed by atoms with Crippen molar-refractivity contribution in [2.45, 2.75) is 19.3 Å². The van der Waals surface area contributed by atoms with Gasteiger partial charge in [-0.3, -0.25) is 4.79 Å². The van der Waals surface area contributed by atoms with E-state index >= 15 is 0 Å². The lowest BCUT2D eigenvalue weighted by Crippen LogP contribution is -2.25. The molecule has 27 heavy (non-hydrogen) atoms. The SMILES string of the molecule is O=C(CCCOc1ccccc1)NCCc1nnc(-c2ccccc2F)o1. The molecule has 2 aromatic carbocycles. The van der Waals surface area contributed by atoms with Gasteiger partial charge in [0.1, 0.15) is 11.6 Å². The predicted octanol–water partition coefficient (Wildman–Crippen LogP) is 3.39. The number of ether oxygens (including phenoxy) is 1. The van der Waals surface area contributed by atoms with Gasteiger partial charge in [0.25, 0.3) is 5.89 Å². The molecule has 1 amide bonds. The van der Waals surface area contributed by atoms with Crippen LogP contribution in [0.1, 0.15) is 18.7 Å². The van der Waals surface area contributed by atoms with E-state index in [1.165, 1.54) is 6.07 Å². The van der Waals surface area contributed by atoms with Crippen LogP contribution in [0.2, 0.25) is 0 Å². The van der Waals surface area contributed by atoms with Crippen LogP contribution in [0.4, 0.5) is 4.39 Å². The smallest absolute Gasteiger partial charge is 0.250 e. The summed E-state index contributed by atoms with van der Waals surface area (Å²) in [6.07, 6.45) is 1.38. The maximum absolute atomic E-state index is 13.7. The van der Waals surface area contributed by atoms with E-state index in [1.54, 1.807) is 18.2 Å². The molecule has 6 nitrogen and oxygen atoms in total. The molecule has 1 heterocycles. The monoisotopic (exact) mass is 369 g/mol. The first-order valence-corrected chi connectivity index (χ1v) is 8.74. The third-order valence-electron chi connectivity index (χ3n) is 3.79. The Morgan fingerprint density at radius 1 is 1.07 bits per heavy atom. The van der Waals surface area contributed by atoms with Gasteiger partial charge in [-0.1, -0.05) is 30.3 Å². The molecule has 0 bridgehead atoms. The van der Waals surface area contributed by atoms with Crippen molar-refractivity contribution in [2.75, 3.05) is 13.2 Å². The van der Waals surface area contributed by atoms with Crippen LogP contribution in [0.25, 0.3) is 11.5 Å². The Kier molecular flexibility index (Phi) is 6.51. The highest BCUT2D eigenvalue weighted by Gasteiger charge is 2.12. The standard InChI is InChI=1S/C20H20FN3O3/c21-17-10-5-4-9-16(17)20-24-23-19(27-20)12-13-22-18(25)11-6-14-26-15-7-2-1-3-8-15/h1-5,7-10H,6,11-14H2,(H,22,25). The number of carbonyl (C=O) groups excluding carboxylic acids is 1. The lowest BCUT2D eigenvalue weighted by molar-refractivity contribution is -0.121. The molecule has 0 aliphatic heterocycles. The lowest BCUT2D eigenvalue weighted by Gasteiger charge is -2.06. The van der Waals surface area contributed by atoms with Crippen molar-refractivity contribution in [3.8, 4) is 17.2 Å². The van der Waals surface area contributed by atoms with E-state index < -0.39 is 5.82 Å². The summed E-state index contributed by atoms with van der Waals surface area (Å²) in [6, 6.07) is 15.7. The minimum absolute atomic E-state index is 0.0690. The molecular formula is C20H20FN3O3. The van der Waals surface area contributed by atoms with E-state index in [2.05, 4.69) is 15.5 Å². The normalized spacial score (nSPS) is 10.6. The number of nitrogens with zero attached hydrogens (tertiary/aromatic N) is 2. The second-order valence-electron chi connectivity index (χ2n) is 5.85. The number of carbonyl (C=O) groups is 1. The fourth-order valence-electron chi connectivity index (χ4n) is 2.43. The predicted molar refractivity (Wildman–Crippen MR) is 97.6 cm³/mol. The Bertz CT molecular complexity index is 868. The quantitative estimate of drug-likeness (QED) is 0.585. The lowest BCUT2D eigenvalue weighted by atomic mass is 10.2. The van der Waals surface area contributed by atoms with Crippen LogP contribution in [0.3, 0.4) is 0 Å². The molecule has 0 aliphatic rings. The van der Waals surface area contributed by atoms with Gasteiger partial charge in [-0.2, -0.15) is 0 Å². The molecule has 3 rings (SSSR count). The van der Waals surface area contributed by atoms with Crippen LogP contribution in [0.15, 0.2) is 59.0 Å². The molecular weight excluding hydrogens is 349 g/mol. The van der Waals surface area contributed by atoms with E-state index in [-0.39, 0.29) is 17.4 Å². The summed E-state index contributed by atoms with van der Waals surface area (Å²) in [5.41, 5.74) is 0.263. The molecule has 0 fully saturated rings. The molecule has 0 saturated carbocycles. The molecule has 3 aromatic rings. The Labute approximate surface area is 156 Å². The topological polar surface area (TPSA) is 77.2 Å². The molecule has 0 spiro atoms. The maximum atomic E-state index is 13.7. The van der Waals surface area contributed by atoms with E-state index in [4.69, 9.17) is 9.15 Å². The van der Waals surface area contributed by atoms with Gasteiger partial charge in [-0.05, 0) is 30.7 Å². The van der Waals surface area contributed by atoms with E-state index in [1.807, 2.05) is 30.3 Å². The Morgan fingerprint density at radius 3 is 2.67 bits per heavy atom. The molecule has 0 aliphatic carbocycles. The van der Waals surface area contributed by atoms with Crippen LogP contribution in [-0.4, -0.2) is 29.3 Å². The zero-order valence-corrected chi connectivity index (χ0v) is 14.7. The van der Waals surface area contributed by atoms with Crippen LogP contribution in [-0.2, 0) is 11.2 Å². The molecule has 0 saturated heterocycles. The first-order valence-electron chi connectivity index (χ1n) is 8.74. The van der Waals surface area contributed by atoms with Crippen molar-refractivity contribution in [1.29, 1.82) is 0 Å². The van der Waals surface area contributed by atoms with E-state index in [0.717, 1.165) is 5.75 Å². The average molecular weight is 369 g/mol. The van der Waals surface area contributed by atoms with Gasteiger partial charge in [0.2, 0.25) is 11.8 Å². The highest BCUT2D eigenvalue weighted by atomic mass is 19.1. The highest BCUT2D eigenvalue weighted by Crippen LogP contribution is 2.20. The second-order valence-corrected chi connectivity index (χ2v) is 5.85. The second kappa shape index (κ2) is 9.47. The summed E-state index contributed by atoms with van der Waals surface area (Å²) in [6.45, 7) is 0.852. The number of hydrogen-bond donors (Lipinski definition) is 1. The highest BCUT2D eigenvalue weighted by molar-refractivity contribution is 5.75. The van der Waals surface area contributed by atoms with Crippen molar-refractivity contribution in [3.63, 3.8) is 0 Å². The molecule has 1 N–H and O–H groups in total. The minimum Gasteiger partial charge on any atom is -0.494 e. The molecule has 7 heteroatoms.